The lowest BCUT2D eigenvalue weighted by Crippen LogP contribution is -2.59. The number of H-pyrrole nitrogens is 1. The Balaban J connectivity index is 2.29. The van der Waals surface area contributed by atoms with Gasteiger partial charge < -0.3 is 42.0 Å². The lowest BCUT2D eigenvalue weighted by atomic mass is 9.98. The van der Waals surface area contributed by atoms with Crippen LogP contribution in [0.3, 0.4) is 0 Å². The molecule has 0 aliphatic heterocycles. The van der Waals surface area contributed by atoms with Crippen molar-refractivity contribution in [3.05, 3.63) is 36.0 Å². The number of carbonyl (C=O) groups excluding carboxylic acids is 3. The van der Waals surface area contributed by atoms with E-state index in [1.165, 1.54) is 6.92 Å². The average molecular weight is 506 g/mol. The van der Waals surface area contributed by atoms with Crippen molar-refractivity contribution in [1.82, 2.24) is 20.9 Å². The van der Waals surface area contributed by atoms with Gasteiger partial charge in [-0.1, -0.05) is 38.5 Å². The molecular formula is C24H35N5O7. The van der Waals surface area contributed by atoms with Gasteiger partial charge in [-0.3, -0.25) is 14.4 Å². The number of carbonyl (C=O) groups is 4. The van der Waals surface area contributed by atoms with Gasteiger partial charge in [0, 0.05) is 23.5 Å². The van der Waals surface area contributed by atoms with Crippen LogP contribution >= 0.6 is 0 Å². The zero-order valence-corrected chi connectivity index (χ0v) is 20.5. The monoisotopic (exact) mass is 505 g/mol. The molecule has 1 heterocycles. The second-order valence-corrected chi connectivity index (χ2v) is 8.84. The number of fused-ring (bicyclic) bond motifs is 1. The number of aromatic amines is 1. The quantitative estimate of drug-likeness (QED) is 0.169. The summed E-state index contributed by atoms with van der Waals surface area (Å²) in [7, 11) is 0. The van der Waals surface area contributed by atoms with Crippen LogP contribution in [-0.2, 0) is 25.6 Å². The van der Waals surface area contributed by atoms with E-state index in [1.54, 1.807) is 20.0 Å². The zero-order valence-electron chi connectivity index (χ0n) is 20.5. The second-order valence-electron chi connectivity index (χ2n) is 8.84. The number of carboxylic acids is 1. The highest BCUT2D eigenvalue weighted by molar-refractivity contribution is 5.95. The van der Waals surface area contributed by atoms with Gasteiger partial charge in [0.25, 0.3) is 0 Å². The number of aromatic nitrogens is 1. The average Bonchev–Trinajstić information content (AvgIpc) is 3.26. The molecule has 1 aromatic carbocycles. The molecule has 9 N–H and O–H groups in total. The van der Waals surface area contributed by atoms with Crippen LogP contribution in [0.1, 0.15) is 32.8 Å². The van der Waals surface area contributed by atoms with E-state index in [0.717, 1.165) is 10.9 Å². The van der Waals surface area contributed by atoms with Crippen molar-refractivity contribution in [1.29, 1.82) is 0 Å². The van der Waals surface area contributed by atoms with E-state index in [4.69, 9.17) is 5.73 Å². The molecule has 6 unspecified atom stereocenters. The molecule has 36 heavy (non-hydrogen) atoms. The molecule has 2 rings (SSSR count). The SMILES string of the molecule is CCC(C)C(NC(=O)C(Cc1c[nH]c2ccccc12)NC(=O)C(CO)NC(=O)C(N)C(C)O)C(=O)O. The van der Waals surface area contributed by atoms with Gasteiger partial charge in [0.1, 0.15) is 24.2 Å². The molecule has 0 bridgehead atoms. The van der Waals surface area contributed by atoms with E-state index in [9.17, 15) is 34.5 Å². The van der Waals surface area contributed by atoms with Crippen molar-refractivity contribution >= 4 is 34.6 Å². The highest BCUT2D eigenvalue weighted by Crippen LogP contribution is 2.19. The van der Waals surface area contributed by atoms with Gasteiger partial charge in [0.2, 0.25) is 17.7 Å². The van der Waals surface area contributed by atoms with Gasteiger partial charge in [-0.25, -0.2) is 4.79 Å². The molecule has 0 spiro atoms. The second kappa shape index (κ2) is 13.0. The molecule has 0 aliphatic carbocycles. The Morgan fingerprint density at radius 1 is 1.00 bits per heavy atom. The van der Waals surface area contributed by atoms with E-state index >= 15 is 0 Å². The molecule has 12 heteroatoms. The minimum Gasteiger partial charge on any atom is -0.480 e. The van der Waals surface area contributed by atoms with Crippen molar-refractivity contribution in [2.24, 2.45) is 11.7 Å². The van der Waals surface area contributed by atoms with Crippen molar-refractivity contribution < 1.29 is 34.5 Å². The number of rotatable bonds is 13. The fourth-order valence-electron chi connectivity index (χ4n) is 3.62. The maximum absolute atomic E-state index is 13.2. The Kier molecular flexibility index (Phi) is 10.4. The third-order valence-electron chi connectivity index (χ3n) is 6.15. The Morgan fingerprint density at radius 3 is 2.19 bits per heavy atom. The Hall–Kier alpha value is -3.48. The molecule has 1 aromatic heterocycles. The number of benzene rings is 1. The summed E-state index contributed by atoms with van der Waals surface area (Å²) in [6.07, 6.45) is 1.00. The third kappa shape index (κ3) is 7.26. The predicted octanol–water partition coefficient (Wildman–Crippen LogP) is -1.00. The zero-order chi connectivity index (χ0) is 27.0. The van der Waals surface area contributed by atoms with E-state index in [1.807, 2.05) is 24.3 Å². The first kappa shape index (κ1) is 28.8. The highest BCUT2D eigenvalue weighted by Gasteiger charge is 2.32. The van der Waals surface area contributed by atoms with Gasteiger partial charge in [-0.05, 0) is 24.5 Å². The number of aliphatic hydroxyl groups is 2. The Labute approximate surface area is 208 Å². The molecule has 3 amide bonds. The van der Waals surface area contributed by atoms with Gasteiger partial charge >= 0.3 is 5.97 Å². The number of nitrogens with two attached hydrogens (primary N) is 1. The van der Waals surface area contributed by atoms with Crippen LogP contribution in [0.15, 0.2) is 30.5 Å². The van der Waals surface area contributed by atoms with Crippen LogP contribution in [-0.4, -0.2) is 80.9 Å². The number of nitrogens with one attached hydrogen (secondary N) is 4. The molecule has 0 radical (unpaired) electrons. The minimum atomic E-state index is -1.45. The topological polar surface area (TPSA) is 207 Å². The maximum Gasteiger partial charge on any atom is 0.326 e. The minimum absolute atomic E-state index is 0.00765. The van der Waals surface area contributed by atoms with Gasteiger partial charge in [-0.2, -0.15) is 0 Å². The Morgan fingerprint density at radius 2 is 1.61 bits per heavy atom. The summed E-state index contributed by atoms with van der Waals surface area (Å²) >= 11 is 0. The molecule has 12 nitrogen and oxygen atoms in total. The first-order valence-electron chi connectivity index (χ1n) is 11.7. The summed E-state index contributed by atoms with van der Waals surface area (Å²) in [6, 6.07) is 2.16. The molecule has 0 saturated carbocycles. The number of hydrogen-bond acceptors (Lipinski definition) is 7. The third-order valence-corrected chi connectivity index (χ3v) is 6.15. The lowest BCUT2D eigenvalue weighted by Gasteiger charge is -2.26. The van der Waals surface area contributed by atoms with Gasteiger partial charge in [0.05, 0.1) is 12.7 Å². The summed E-state index contributed by atoms with van der Waals surface area (Å²) in [4.78, 5) is 53.1. The number of amides is 3. The number of aliphatic carboxylic acids is 1. The highest BCUT2D eigenvalue weighted by atomic mass is 16.4. The summed E-state index contributed by atoms with van der Waals surface area (Å²) < 4.78 is 0. The van der Waals surface area contributed by atoms with Crippen LogP contribution in [0.5, 0.6) is 0 Å². The first-order chi connectivity index (χ1) is 17.0. The van der Waals surface area contributed by atoms with Crippen LogP contribution in [0.25, 0.3) is 10.9 Å². The Bertz CT molecular complexity index is 1070. The standard InChI is InChI=1S/C24H35N5O7/c1-4-12(2)20(24(35)36)29-21(32)17(9-14-10-26-16-8-6-5-7-15(14)16)27-22(33)18(11-30)28-23(34)19(25)13(3)31/h5-8,10,12-13,17-20,26,30-31H,4,9,11,25H2,1-3H3,(H,27,33)(H,28,34)(H,29,32)(H,35,36). The molecule has 6 atom stereocenters. The fraction of sp³-hybridized carbons (Fsp3) is 0.500. The van der Waals surface area contributed by atoms with Crippen LogP contribution in [0, 0.1) is 5.92 Å². The number of hydrogen-bond donors (Lipinski definition) is 8. The van der Waals surface area contributed by atoms with Gasteiger partial charge in [0.15, 0.2) is 0 Å². The first-order valence-corrected chi connectivity index (χ1v) is 11.7. The van der Waals surface area contributed by atoms with Crippen LogP contribution in [0.2, 0.25) is 0 Å². The van der Waals surface area contributed by atoms with E-state index in [2.05, 4.69) is 20.9 Å². The van der Waals surface area contributed by atoms with Gasteiger partial charge in [-0.15, -0.1) is 0 Å². The molecule has 0 fully saturated rings. The van der Waals surface area contributed by atoms with Crippen LogP contribution < -0.4 is 21.7 Å². The van der Waals surface area contributed by atoms with Crippen molar-refractivity contribution in [3.63, 3.8) is 0 Å². The predicted molar refractivity (Wildman–Crippen MR) is 132 cm³/mol. The summed E-state index contributed by atoms with van der Waals surface area (Å²) in [5.74, 6) is -4.05. The van der Waals surface area contributed by atoms with Crippen molar-refractivity contribution in [3.8, 4) is 0 Å². The summed E-state index contributed by atoms with van der Waals surface area (Å²) in [5, 5.41) is 36.8. The smallest absolute Gasteiger partial charge is 0.326 e. The normalized spacial score (nSPS) is 16.3. The number of para-hydroxylation sites is 1. The molecule has 0 saturated heterocycles. The van der Waals surface area contributed by atoms with Crippen molar-refractivity contribution in [2.75, 3.05) is 6.61 Å². The van der Waals surface area contributed by atoms with E-state index in [0.29, 0.717) is 12.0 Å². The fourth-order valence-corrected chi connectivity index (χ4v) is 3.62. The van der Waals surface area contributed by atoms with E-state index in [-0.39, 0.29) is 12.3 Å². The molecule has 198 valence electrons. The van der Waals surface area contributed by atoms with Crippen molar-refractivity contribution in [2.45, 2.75) is 63.9 Å². The molecule has 0 aliphatic rings. The summed E-state index contributed by atoms with van der Waals surface area (Å²) in [5.41, 5.74) is 7.09. The number of carboxylic acid groups (broad SMARTS) is 1. The maximum atomic E-state index is 13.2. The molecular weight excluding hydrogens is 470 g/mol. The van der Waals surface area contributed by atoms with Crippen LogP contribution in [0.4, 0.5) is 0 Å². The molecule has 2 aromatic rings. The largest absolute Gasteiger partial charge is 0.480 e. The summed E-state index contributed by atoms with van der Waals surface area (Å²) in [6.45, 7) is 3.99. The van der Waals surface area contributed by atoms with E-state index < -0.39 is 60.6 Å². The lowest BCUT2D eigenvalue weighted by molar-refractivity contribution is -0.144. The number of aliphatic hydroxyl groups excluding tert-OH is 2.